The van der Waals surface area contributed by atoms with E-state index in [2.05, 4.69) is 4.99 Å². The molecule has 1 aliphatic carbocycles. The second kappa shape index (κ2) is 6.54. The molecule has 106 valence electrons. The van der Waals surface area contributed by atoms with E-state index in [1.807, 2.05) is 0 Å². The molecule has 0 N–H and O–H groups in total. The van der Waals surface area contributed by atoms with Crippen molar-refractivity contribution in [1.82, 2.24) is 0 Å². The van der Waals surface area contributed by atoms with Gasteiger partial charge >= 0.3 is 0 Å². The van der Waals surface area contributed by atoms with Crippen molar-refractivity contribution in [1.29, 1.82) is 0 Å². The molecule has 0 radical (unpaired) electrons. The van der Waals surface area contributed by atoms with Gasteiger partial charge in [0.05, 0.1) is 12.1 Å². The van der Waals surface area contributed by atoms with Gasteiger partial charge in [0.15, 0.2) is 12.1 Å². The first-order chi connectivity index (χ1) is 9.67. The summed E-state index contributed by atoms with van der Waals surface area (Å²) in [5.74, 6) is -0.222. The molecule has 5 nitrogen and oxygen atoms in total. The first-order valence-corrected chi connectivity index (χ1v) is 6.43. The Balaban J connectivity index is 2.12. The Bertz CT molecular complexity index is 547. The number of nitrogens with zero attached hydrogens (tertiary/aromatic N) is 1. The van der Waals surface area contributed by atoms with Gasteiger partial charge in [-0.1, -0.05) is 24.3 Å². The van der Waals surface area contributed by atoms with Crippen molar-refractivity contribution in [3.63, 3.8) is 0 Å². The van der Waals surface area contributed by atoms with E-state index in [1.165, 1.54) is 0 Å². The van der Waals surface area contributed by atoms with Crippen LogP contribution in [0.1, 0.15) is 33.6 Å². The van der Waals surface area contributed by atoms with Crippen molar-refractivity contribution in [3.05, 3.63) is 35.4 Å². The van der Waals surface area contributed by atoms with Crippen LogP contribution in [0.3, 0.4) is 0 Å². The first kappa shape index (κ1) is 14.6. The normalized spacial score (nSPS) is 16.9. The van der Waals surface area contributed by atoms with Crippen LogP contribution in [0.2, 0.25) is 0 Å². The quantitative estimate of drug-likeness (QED) is 0.770. The van der Waals surface area contributed by atoms with Crippen molar-refractivity contribution in [2.24, 2.45) is 4.99 Å². The third-order valence-electron chi connectivity index (χ3n) is 3.26. The van der Waals surface area contributed by atoms with Gasteiger partial charge in [-0.2, -0.15) is 0 Å². The summed E-state index contributed by atoms with van der Waals surface area (Å²) >= 11 is 0. The Kier molecular flexibility index (Phi) is 4.76. The molecular formula is C15H17NO4. The number of rotatable bonds is 5. The van der Waals surface area contributed by atoms with Crippen molar-refractivity contribution in [3.8, 4) is 0 Å². The summed E-state index contributed by atoms with van der Waals surface area (Å²) in [7, 11) is 3.10. The SMILES string of the molecule is COC(CCN=C1CC(=O)c2ccccc2C1=O)OC. The predicted molar refractivity (Wildman–Crippen MR) is 74.4 cm³/mol. The summed E-state index contributed by atoms with van der Waals surface area (Å²) in [6.45, 7) is 0.392. The van der Waals surface area contributed by atoms with Crippen LogP contribution < -0.4 is 0 Å². The molecule has 0 unspecified atom stereocenters. The fourth-order valence-electron chi connectivity index (χ4n) is 2.17. The lowest BCUT2D eigenvalue weighted by molar-refractivity contribution is -0.104. The lowest BCUT2D eigenvalue weighted by Crippen LogP contribution is -2.27. The summed E-state index contributed by atoms with van der Waals surface area (Å²) in [4.78, 5) is 28.4. The monoisotopic (exact) mass is 275 g/mol. The van der Waals surface area contributed by atoms with Crippen LogP contribution in [-0.2, 0) is 9.47 Å². The summed E-state index contributed by atoms with van der Waals surface area (Å²) in [6, 6.07) is 6.85. The molecule has 0 atom stereocenters. The molecule has 1 aliphatic rings. The van der Waals surface area contributed by atoms with Gasteiger partial charge in [0, 0.05) is 38.3 Å². The fraction of sp³-hybridized carbons (Fsp3) is 0.400. The zero-order valence-electron chi connectivity index (χ0n) is 11.6. The molecule has 0 saturated heterocycles. The molecule has 1 aromatic carbocycles. The number of carbonyl (C=O) groups is 2. The van der Waals surface area contributed by atoms with Gasteiger partial charge in [0.1, 0.15) is 0 Å². The molecule has 1 aromatic rings. The third-order valence-corrected chi connectivity index (χ3v) is 3.26. The molecule has 0 fully saturated rings. The van der Waals surface area contributed by atoms with Crippen LogP contribution >= 0.6 is 0 Å². The first-order valence-electron chi connectivity index (χ1n) is 6.43. The van der Waals surface area contributed by atoms with Crippen molar-refractivity contribution < 1.29 is 19.1 Å². The van der Waals surface area contributed by atoms with Gasteiger partial charge in [-0.3, -0.25) is 14.6 Å². The molecule has 0 bridgehead atoms. The van der Waals surface area contributed by atoms with E-state index < -0.39 is 0 Å². The van der Waals surface area contributed by atoms with Crippen LogP contribution in [0.4, 0.5) is 0 Å². The van der Waals surface area contributed by atoms with E-state index in [4.69, 9.17) is 9.47 Å². The van der Waals surface area contributed by atoms with Crippen molar-refractivity contribution in [2.45, 2.75) is 19.1 Å². The van der Waals surface area contributed by atoms with E-state index in [9.17, 15) is 9.59 Å². The highest BCUT2D eigenvalue weighted by molar-refractivity contribution is 6.52. The molecule has 0 spiro atoms. The molecular weight excluding hydrogens is 258 g/mol. The molecule has 5 heteroatoms. The minimum Gasteiger partial charge on any atom is -0.356 e. The van der Waals surface area contributed by atoms with Crippen molar-refractivity contribution in [2.75, 3.05) is 20.8 Å². The molecule has 20 heavy (non-hydrogen) atoms. The molecule has 0 aromatic heterocycles. The van der Waals surface area contributed by atoms with E-state index in [0.29, 0.717) is 29.8 Å². The summed E-state index contributed by atoms with van der Waals surface area (Å²) < 4.78 is 10.1. The largest absolute Gasteiger partial charge is 0.356 e. The van der Waals surface area contributed by atoms with Gasteiger partial charge < -0.3 is 9.47 Å². The van der Waals surface area contributed by atoms with E-state index in [-0.39, 0.29) is 24.3 Å². The molecule has 0 heterocycles. The Morgan fingerprint density at radius 2 is 1.80 bits per heavy atom. The molecule has 2 rings (SSSR count). The lowest BCUT2D eigenvalue weighted by Gasteiger charge is -2.16. The maximum Gasteiger partial charge on any atom is 0.207 e. The predicted octanol–water partition coefficient (Wildman–Crippen LogP) is 1.91. The highest BCUT2D eigenvalue weighted by Crippen LogP contribution is 2.19. The average molecular weight is 275 g/mol. The second-order valence-corrected chi connectivity index (χ2v) is 4.49. The maximum atomic E-state index is 12.2. The number of hydrogen-bond donors (Lipinski definition) is 0. The number of aliphatic imine (C=N–C) groups is 1. The van der Waals surface area contributed by atoms with E-state index in [0.717, 1.165) is 0 Å². The van der Waals surface area contributed by atoms with Crippen LogP contribution in [0.5, 0.6) is 0 Å². The minimum atomic E-state index is -0.346. The minimum absolute atomic E-state index is 0.0611. The van der Waals surface area contributed by atoms with Crippen LogP contribution in [0.25, 0.3) is 0 Å². The summed E-state index contributed by atoms with van der Waals surface area (Å²) in [5, 5.41) is 0. The van der Waals surface area contributed by atoms with Gasteiger partial charge in [-0.25, -0.2) is 0 Å². The van der Waals surface area contributed by atoms with Crippen molar-refractivity contribution >= 4 is 17.3 Å². The molecule has 0 amide bonds. The molecule has 0 saturated carbocycles. The smallest absolute Gasteiger partial charge is 0.207 e. The zero-order valence-corrected chi connectivity index (χ0v) is 11.6. The standard InChI is InChI=1S/C15H17NO4/c1-19-14(20-2)7-8-16-12-9-13(17)10-5-3-4-6-11(10)15(12)18/h3-6,14H,7-9H2,1-2H3. The van der Waals surface area contributed by atoms with E-state index >= 15 is 0 Å². The van der Waals surface area contributed by atoms with Crippen LogP contribution in [-0.4, -0.2) is 44.3 Å². The van der Waals surface area contributed by atoms with E-state index in [1.54, 1.807) is 38.5 Å². The second-order valence-electron chi connectivity index (χ2n) is 4.49. The number of ether oxygens (including phenoxy) is 2. The number of methoxy groups -OCH3 is 2. The third kappa shape index (κ3) is 3.00. The number of ketones is 2. The average Bonchev–Trinajstić information content (AvgIpc) is 2.48. The Hall–Kier alpha value is -1.85. The number of Topliss-reactive ketones (excluding diaryl/α,β-unsaturated/α-hetero) is 2. The number of fused-ring (bicyclic) bond motifs is 1. The Morgan fingerprint density at radius 1 is 1.15 bits per heavy atom. The van der Waals surface area contributed by atoms with Gasteiger partial charge in [-0.05, 0) is 0 Å². The summed E-state index contributed by atoms with van der Waals surface area (Å²) in [5.41, 5.74) is 1.25. The number of carbonyl (C=O) groups excluding carboxylic acids is 2. The summed E-state index contributed by atoms with van der Waals surface area (Å²) in [6.07, 6.45) is 0.265. The van der Waals surface area contributed by atoms with Crippen LogP contribution in [0, 0.1) is 0 Å². The number of benzene rings is 1. The Labute approximate surface area is 117 Å². The zero-order chi connectivity index (χ0) is 14.5. The fourth-order valence-corrected chi connectivity index (χ4v) is 2.17. The maximum absolute atomic E-state index is 12.2. The topological polar surface area (TPSA) is 65.0 Å². The van der Waals surface area contributed by atoms with Gasteiger partial charge in [0.25, 0.3) is 0 Å². The van der Waals surface area contributed by atoms with Gasteiger partial charge in [0.2, 0.25) is 5.78 Å². The highest BCUT2D eigenvalue weighted by Gasteiger charge is 2.28. The van der Waals surface area contributed by atoms with Crippen LogP contribution in [0.15, 0.2) is 29.3 Å². The Morgan fingerprint density at radius 3 is 2.45 bits per heavy atom. The van der Waals surface area contributed by atoms with Gasteiger partial charge in [-0.15, -0.1) is 0 Å². The molecule has 0 aliphatic heterocycles. The highest BCUT2D eigenvalue weighted by atomic mass is 16.7. The number of hydrogen-bond acceptors (Lipinski definition) is 5. The lowest BCUT2D eigenvalue weighted by atomic mass is 9.88.